The zero-order chi connectivity index (χ0) is 19.2. The van der Waals surface area contributed by atoms with Crippen molar-refractivity contribution in [3.05, 3.63) is 88.9 Å². The third-order valence-corrected chi connectivity index (χ3v) is 3.84. The van der Waals surface area contributed by atoms with Crippen LogP contribution in [0.4, 0.5) is 5.69 Å². The van der Waals surface area contributed by atoms with Gasteiger partial charge in [0.15, 0.2) is 0 Å². The largest absolute Gasteiger partial charge is 0.460 e. The van der Waals surface area contributed by atoms with E-state index < -0.39 is 0 Å². The Morgan fingerprint density at radius 2 is 1.48 bits per heavy atom. The van der Waals surface area contributed by atoms with Crippen LogP contribution in [0.15, 0.2) is 70.2 Å². The van der Waals surface area contributed by atoms with E-state index in [9.17, 15) is 9.59 Å². The number of hydrogen-bond acceptors (Lipinski definition) is 4. The van der Waals surface area contributed by atoms with E-state index in [-0.39, 0.29) is 11.8 Å². The number of furan rings is 1. The van der Waals surface area contributed by atoms with E-state index in [1.165, 1.54) is 6.21 Å². The first kappa shape index (κ1) is 18.1. The minimum Gasteiger partial charge on any atom is -0.460 e. The molecule has 6 nitrogen and oxygen atoms in total. The van der Waals surface area contributed by atoms with Gasteiger partial charge in [-0.05, 0) is 62.4 Å². The summed E-state index contributed by atoms with van der Waals surface area (Å²) in [6.07, 6.45) is 1.43. The van der Waals surface area contributed by atoms with Crippen LogP contribution in [0.5, 0.6) is 0 Å². The van der Waals surface area contributed by atoms with Gasteiger partial charge >= 0.3 is 0 Å². The predicted octanol–water partition coefficient (Wildman–Crippen LogP) is 3.91. The highest BCUT2D eigenvalue weighted by molar-refractivity contribution is 6.04. The monoisotopic (exact) mass is 361 g/mol. The van der Waals surface area contributed by atoms with Gasteiger partial charge in [0.1, 0.15) is 11.5 Å². The highest BCUT2D eigenvalue weighted by Crippen LogP contribution is 2.12. The number of rotatable bonds is 5. The van der Waals surface area contributed by atoms with Crippen molar-refractivity contribution >= 4 is 23.7 Å². The fourth-order valence-corrected chi connectivity index (χ4v) is 2.36. The molecule has 2 N–H and O–H groups in total. The zero-order valence-electron chi connectivity index (χ0n) is 15.0. The number of anilines is 1. The van der Waals surface area contributed by atoms with E-state index in [2.05, 4.69) is 15.8 Å². The second-order valence-corrected chi connectivity index (χ2v) is 6.05. The lowest BCUT2D eigenvalue weighted by molar-refractivity contribution is 0.0954. The van der Waals surface area contributed by atoms with Crippen LogP contribution in [-0.2, 0) is 0 Å². The van der Waals surface area contributed by atoms with Gasteiger partial charge in [0.2, 0.25) is 0 Å². The fourth-order valence-electron chi connectivity index (χ4n) is 2.36. The maximum Gasteiger partial charge on any atom is 0.271 e. The highest BCUT2D eigenvalue weighted by Gasteiger charge is 2.08. The van der Waals surface area contributed by atoms with Gasteiger partial charge in [-0.3, -0.25) is 9.59 Å². The molecule has 6 heteroatoms. The molecular formula is C21H19N3O3. The van der Waals surface area contributed by atoms with Crippen molar-refractivity contribution in [2.24, 2.45) is 5.10 Å². The summed E-state index contributed by atoms with van der Waals surface area (Å²) in [5.41, 5.74) is 5.13. The highest BCUT2D eigenvalue weighted by atomic mass is 16.3. The number of carbonyl (C=O) groups excluding carboxylic acids is 2. The molecule has 27 heavy (non-hydrogen) atoms. The Morgan fingerprint density at radius 3 is 2.11 bits per heavy atom. The fraction of sp³-hybridized carbons (Fsp3) is 0.0952. The van der Waals surface area contributed by atoms with Gasteiger partial charge in [0, 0.05) is 16.8 Å². The molecule has 1 heterocycles. The summed E-state index contributed by atoms with van der Waals surface area (Å²) in [6.45, 7) is 3.79. The van der Waals surface area contributed by atoms with Crippen molar-refractivity contribution in [1.82, 2.24) is 5.43 Å². The van der Waals surface area contributed by atoms with Crippen LogP contribution in [0.2, 0.25) is 0 Å². The molecular weight excluding hydrogens is 342 g/mol. The molecule has 1 aromatic heterocycles. The molecule has 0 aliphatic heterocycles. The average molecular weight is 361 g/mol. The number of amides is 2. The SMILES string of the molecule is Cc1ccc(C(=O)Nc2ccc(C(=O)NN=Cc3ccc(C)o3)cc2)cc1. The van der Waals surface area contributed by atoms with E-state index in [4.69, 9.17) is 4.42 Å². The number of nitrogens with one attached hydrogen (secondary N) is 2. The van der Waals surface area contributed by atoms with Crippen LogP contribution in [0.1, 0.15) is 37.8 Å². The average Bonchev–Trinajstić information content (AvgIpc) is 3.08. The van der Waals surface area contributed by atoms with Crippen LogP contribution >= 0.6 is 0 Å². The summed E-state index contributed by atoms with van der Waals surface area (Å²) in [4.78, 5) is 24.3. The second kappa shape index (κ2) is 8.14. The van der Waals surface area contributed by atoms with Crippen molar-refractivity contribution < 1.29 is 14.0 Å². The van der Waals surface area contributed by atoms with Crippen LogP contribution in [-0.4, -0.2) is 18.0 Å². The minimum absolute atomic E-state index is 0.203. The summed E-state index contributed by atoms with van der Waals surface area (Å²) in [6, 6.07) is 17.4. The number of nitrogens with zero attached hydrogens (tertiary/aromatic N) is 1. The summed E-state index contributed by atoms with van der Waals surface area (Å²) < 4.78 is 5.33. The Hall–Kier alpha value is -3.67. The molecule has 0 radical (unpaired) electrons. The molecule has 0 aliphatic rings. The maximum absolute atomic E-state index is 12.2. The first-order chi connectivity index (χ1) is 13.0. The standard InChI is InChI=1S/C21H19N3O3/c1-14-3-6-16(7-4-14)20(25)23-18-10-8-17(9-11-18)21(26)24-22-13-19-12-5-15(2)27-19/h3-13H,1-2H3,(H,23,25)(H,24,26). The molecule has 0 bridgehead atoms. The van der Waals surface area contributed by atoms with Crippen molar-refractivity contribution in [2.45, 2.75) is 13.8 Å². The number of hydrazone groups is 1. The van der Waals surface area contributed by atoms with Crippen LogP contribution in [0.3, 0.4) is 0 Å². The van der Waals surface area contributed by atoms with Crippen LogP contribution in [0, 0.1) is 13.8 Å². The van der Waals surface area contributed by atoms with Gasteiger partial charge in [-0.2, -0.15) is 5.10 Å². The molecule has 0 saturated heterocycles. The number of hydrogen-bond donors (Lipinski definition) is 2. The first-order valence-electron chi connectivity index (χ1n) is 8.39. The van der Waals surface area contributed by atoms with Crippen molar-refractivity contribution in [3.63, 3.8) is 0 Å². The topological polar surface area (TPSA) is 83.7 Å². The molecule has 0 spiro atoms. The molecule has 3 aromatic rings. The number of aryl methyl sites for hydroxylation is 2. The molecule has 136 valence electrons. The quantitative estimate of drug-likeness (QED) is 0.534. The van der Waals surface area contributed by atoms with Crippen molar-refractivity contribution in [2.75, 3.05) is 5.32 Å². The van der Waals surface area contributed by atoms with Crippen molar-refractivity contribution in [3.8, 4) is 0 Å². The zero-order valence-corrected chi connectivity index (χ0v) is 15.0. The molecule has 0 unspecified atom stereocenters. The molecule has 3 rings (SSSR count). The van der Waals surface area contributed by atoms with E-state index >= 15 is 0 Å². The molecule has 0 aliphatic carbocycles. The molecule has 0 saturated carbocycles. The molecule has 0 fully saturated rings. The van der Waals surface area contributed by atoms with Crippen LogP contribution < -0.4 is 10.7 Å². The Kier molecular flexibility index (Phi) is 5.47. The Morgan fingerprint density at radius 1 is 0.852 bits per heavy atom. The smallest absolute Gasteiger partial charge is 0.271 e. The van der Waals surface area contributed by atoms with Gasteiger partial charge < -0.3 is 9.73 Å². The van der Waals surface area contributed by atoms with Crippen LogP contribution in [0.25, 0.3) is 0 Å². The lowest BCUT2D eigenvalue weighted by Crippen LogP contribution is -2.17. The Bertz CT molecular complexity index is 971. The van der Waals surface area contributed by atoms with Gasteiger partial charge in [0.25, 0.3) is 11.8 Å². The van der Waals surface area contributed by atoms with E-state index in [0.29, 0.717) is 22.6 Å². The van der Waals surface area contributed by atoms with Gasteiger partial charge in [0.05, 0.1) is 6.21 Å². The third-order valence-electron chi connectivity index (χ3n) is 3.84. The van der Waals surface area contributed by atoms with E-state index in [1.807, 2.05) is 32.0 Å². The third kappa shape index (κ3) is 4.92. The summed E-state index contributed by atoms with van der Waals surface area (Å²) in [7, 11) is 0. The van der Waals surface area contributed by atoms with Gasteiger partial charge in [-0.15, -0.1) is 0 Å². The summed E-state index contributed by atoms with van der Waals surface area (Å²) in [5, 5.41) is 6.66. The van der Waals surface area contributed by atoms with Gasteiger partial charge in [-0.25, -0.2) is 5.43 Å². The minimum atomic E-state index is -0.356. The second-order valence-electron chi connectivity index (χ2n) is 6.05. The maximum atomic E-state index is 12.2. The van der Waals surface area contributed by atoms with Crippen molar-refractivity contribution in [1.29, 1.82) is 0 Å². The van der Waals surface area contributed by atoms with E-state index in [0.717, 1.165) is 11.3 Å². The molecule has 2 aromatic carbocycles. The number of carbonyl (C=O) groups is 2. The first-order valence-corrected chi connectivity index (χ1v) is 8.39. The molecule has 0 atom stereocenters. The Balaban J connectivity index is 1.57. The predicted molar refractivity (Wildman–Crippen MR) is 104 cm³/mol. The normalized spacial score (nSPS) is 10.7. The lowest BCUT2D eigenvalue weighted by Gasteiger charge is -2.06. The summed E-state index contributed by atoms with van der Waals surface area (Å²) in [5.74, 6) is 0.768. The van der Waals surface area contributed by atoms with Gasteiger partial charge in [-0.1, -0.05) is 17.7 Å². The Labute approximate surface area is 156 Å². The van der Waals surface area contributed by atoms with E-state index in [1.54, 1.807) is 42.5 Å². The molecule has 2 amide bonds. The number of benzene rings is 2. The summed E-state index contributed by atoms with van der Waals surface area (Å²) >= 11 is 0. The lowest BCUT2D eigenvalue weighted by atomic mass is 10.1.